The van der Waals surface area contributed by atoms with Gasteiger partial charge in [-0.25, -0.2) is 0 Å². The number of cyclic esters (lactones) is 1. The van der Waals surface area contributed by atoms with Gasteiger partial charge in [-0.3, -0.25) is 4.79 Å². The molecule has 0 aliphatic carbocycles. The molecule has 0 amide bonds. The van der Waals surface area contributed by atoms with Crippen LogP contribution in [-0.2, 0) is 9.53 Å². The van der Waals surface area contributed by atoms with E-state index in [1.54, 1.807) is 0 Å². The lowest BCUT2D eigenvalue weighted by Crippen LogP contribution is -2.24. The lowest BCUT2D eigenvalue weighted by molar-refractivity contribution is -0.145. The van der Waals surface area contributed by atoms with Gasteiger partial charge < -0.3 is 9.84 Å². The van der Waals surface area contributed by atoms with Crippen molar-refractivity contribution < 1.29 is 14.6 Å². The predicted octanol–water partition coefficient (Wildman–Crippen LogP) is 0.463. The van der Waals surface area contributed by atoms with E-state index in [1.165, 1.54) is 0 Å². The first-order chi connectivity index (χ1) is 4.74. The van der Waals surface area contributed by atoms with Crippen LogP contribution in [0.25, 0.3) is 0 Å². The maximum atomic E-state index is 10.5. The number of aliphatic hydroxyl groups excluding tert-OH is 1. The fourth-order valence-electron chi connectivity index (χ4n) is 1.08. The van der Waals surface area contributed by atoms with Crippen molar-refractivity contribution in [1.29, 1.82) is 0 Å². The largest absolute Gasteiger partial charge is 0.460 e. The maximum absolute atomic E-state index is 10.5. The normalized spacial score (nSPS) is 28.2. The fourth-order valence-corrected chi connectivity index (χ4v) is 1.08. The van der Waals surface area contributed by atoms with Crippen molar-refractivity contribution >= 4 is 5.97 Å². The molecule has 0 bridgehead atoms. The number of esters is 1. The summed E-state index contributed by atoms with van der Waals surface area (Å²) in [5.74, 6) is -0.183. The molecule has 1 fully saturated rings. The third-order valence-electron chi connectivity index (χ3n) is 1.76. The lowest BCUT2D eigenvalue weighted by Gasteiger charge is -2.13. The number of hydrogen-bond donors (Lipinski definition) is 1. The van der Waals surface area contributed by atoms with E-state index < -0.39 is 6.10 Å². The number of rotatable bonds is 2. The van der Waals surface area contributed by atoms with Crippen molar-refractivity contribution in [2.45, 2.75) is 38.4 Å². The number of carbonyl (C=O) groups excluding carboxylic acids is 1. The van der Waals surface area contributed by atoms with E-state index in [-0.39, 0.29) is 12.1 Å². The van der Waals surface area contributed by atoms with E-state index in [1.807, 2.05) is 6.92 Å². The SMILES string of the molecule is CCC(O)[C@@H]1CCC(=O)O1. The Morgan fingerprint density at radius 2 is 2.60 bits per heavy atom. The molecule has 1 aliphatic heterocycles. The number of hydrogen-bond acceptors (Lipinski definition) is 3. The Morgan fingerprint density at radius 1 is 1.90 bits per heavy atom. The van der Waals surface area contributed by atoms with Gasteiger partial charge in [0.2, 0.25) is 0 Å². The Labute approximate surface area is 60.0 Å². The van der Waals surface area contributed by atoms with Crippen LogP contribution in [0.2, 0.25) is 0 Å². The van der Waals surface area contributed by atoms with Gasteiger partial charge in [-0.05, 0) is 12.8 Å². The monoisotopic (exact) mass is 144 g/mol. The summed E-state index contributed by atoms with van der Waals surface area (Å²) < 4.78 is 4.83. The zero-order valence-corrected chi connectivity index (χ0v) is 6.04. The van der Waals surface area contributed by atoms with Crippen LogP contribution >= 0.6 is 0 Å². The van der Waals surface area contributed by atoms with E-state index in [9.17, 15) is 9.90 Å². The third kappa shape index (κ3) is 1.48. The van der Waals surface area contributed by atoms with Gasteiger partial charge in [-0.2, -0.15) is 0 Å². The fraction of sp³-hybridized carbons (Fsp3) is 0.857. The van der Waals surface area contributed by atoms with Crippen LogP contribution < -0.4 is 0 Å². The van der Waals surface area contributed by atoms with E-state index in [0.717, 1.165) is 0 Å². The first-order valence-electron chi connectivity index (χ1n) is 3.61. The summed E-state index contributed by atoms with van der Waals surface area (Å²) in [6.07, 6.45) is 1.08. The van der Waals surface area contributed by atoms with E-state index in [4.69, 9.17) is 4.74 Å². The molecule has 0 spiro atoms. The van der Waals surface area contributed by atoms with Gasteiger partial charge in [0.05, 0.1) is 6.10 Å². The maximum Gasteiger partial charge on any atom is 0.306 e. The number of aliphatic hydroxyl groups is 1. The van der Waals surface area contributed by atoms with Gasteiger partial charge in [-0.1, -0.05) is 6.92 Å². The molecule has 1 unspecified atom stereocenters. The van der Waals surface area contributed by atoms with Crippen molar-refractivity contribution in [3.8, 4) is 0 Å². The summed E-state index contributed by atoms with van der Waals surface area (Å²) in [7, 11) is 0. The molecule has 1 rings (SSSR count). The summed E-state index contributed by atoms with van der Waals surface area (Å²) in [6, 6.07) is 0. The summed E-state index contributed by atoms with van der Waals surface area (Å²) in [5.41, 5.74) is 0. The number of carbonyl (C=O) groups is 1. The Morgan fingerprint density at radius 3 is 3.00 bits per heavy atom. The van der Waals surface area contributed by atoms with Crippen molar-refractivity contribution in [2.75, 3.05) is 0 Å². The smallest absolute Gasteiger partial charge is 0.306 e. The second kappa shape index (κ2) is 3.01. The van der Waals surface area contributed by atoms with Gasteiger partial charge in [0, 0.05) is 6.42 Å². The highest BCUT2D eigenvalue weighted by molar-refractivity contribution is 5.71. The Bertz CT molecular complexity index is 133. The Balaban J connectivity index is 2.36. The average molecular weight is 144 g/mol. The van der Waals surface area contributed by atoms with Gasteiger partial charge in [0.25, 0.3) is 0 Å². The van der Waals surface area contributed by atoms with Gasteiger partial charge in [0.15, 0.2) is 0 Å². The van der Waals surface area contributed by atoms with Crippen LogP contribution in [0.4, 0.5) is 0 Å². The predicted molar refractivity (Wildman–Crippen MR) is 35.4 cm³/mol. The molecule has 3 nitrogen and oxygen atoms in total. The van der Waals surface area contributed by atoms with E-state index in [2.05, 4.69) is 0 Å². The molecular weight excluding hydrogens is 132 g/mol. The molecule has 2 atom stereocenters. The van der Waals surface area contributed by atoms with E-state index >= 15 is 0 Å². The molecule has 3 heteroatoms. The molecule has 58 valence electrons. The van der Waals surface area contributed by atoms with Crippen LogP contribution in [-0.4, -0.2) is 23.3 Å². The quantitative estimate of drug-likeness (QED) is 0.573. The first kappa shape index (κ1) is 7.54. The van der Waals surface area contributed by atoms with Crippen molar-refractivity contribution in [3.63, 3.8) is 0 Å². The van der Waals surface area contributed by atoms with Crippen molar-refractivity contribution in [2.24, 2.45) is 0 Å². The van der Waals surface area contributed by atoms with Crippen molar-refractivity contribution in [3.05, 3.63) is 0 Å². The highest BCUT2D eigenvalue weighted by atomic mass is 16.6. The van der Waals surface area contributed by atoms with Crippen LogP contribution in [0.3, 0.4) is 0 Å². The Kier molecular flexibility index (Phi) is 2.27. The highest BCUT2D eigenvalue weighted by Crippen LogP contribution is 2.18. The van der Waals surface area contributed by atoms with Crippen LogP contribution in [0, 0.1) is 0 Å². The molecular formula is C7H12O3. The zero-order chi connectivity index (χ0) is 7.56. The molecule has 1 aliphatic rings. The van der Waals surface area contributed by atoms with Gasteiger partial charge in [0.1, 0.15) is 6.10 Å². The summed E-state index contributed by atoms with van der Waals surface area (Å²) in [4.78, 5) is 10.5. The lowest BCUT2D eigenvalue weighted by atomic mass is 10.1. The minimum Gasteiger partial charge on any atom is -0.460 e. The molecule has 1 N–H and O–H groups in total. The van der Waals surface area contributed by atoms with E-state index in [0.29, 0.717) is 19.3 Å². The third-order valence-corrected chi connectivity index (χ3v) is 1.76. The molecule has 0 aromatic rings. The number of ether oxygens (including phenoxy) is 1. The minimum absolute atomic E-state index is 0.183. The van der Waals surface area contributed by atoms with Crippen molar-refractivity contribution in [1.82, 2.24) is 0 Å². The van der Waals surface area contributed by atoms with Crippen LogP contribution in [0.1, 0.15) is 26.2 Å². The second-order valence-electron chi connectivity index (χ2n) is 2.54. The van der Waals surface area contributed by atoms with Crippen LogP contribution in [0.5, 0.6) is 0 Å². The second-order valence-corrected chi connectivity index (χ2v) is 2.54. The standard InChI is InChI=1S/C7H12O3/c1-2-5(8)6-3-4-7(9)10-6/h5-6,8H,2-4H2,1H3/t5?,6-/m0/s1. The molecule has 0 saturated carbocycles. The summed E-state index contributed by atoms with van der Waals surface area (Å²) in [5, 5.41) is 9.20. The summed E-state index contributed by atoms with van der Waals surface area (Å²) >= 11 is 0. The zero-order valence-electron chi connectivity index (χ0n) is 6.04. The molecule has 0 aromatic heterocycles. The Hall–Kier alpha value is -0.570. The average Bonchev–Trinajstić information content (AvgIpc) is 2.34. The topological polar surface area (TPSA) is 46.5 Å². The first-order valence-corrected chi connectivity index (χ1v) is 3.61. The molecule has 1 saturated heterocycles. The minimum atomic E-state index is -0.466. The molecule has 10 heavy (non-hydrogen) atoms. The van der Waals surface area contributed by atoms with Gasteiger partial charge in [-0.15, -0.1) is 0 Å². The summed E-state index contributed by atoms with van der Waals surface area (Å²) in [6.45, 7) is 1.87. The highest BCUT2D eigenvalue weighted by Gasteiger charge is 2.28. The van der Waals surface area contributed by atoms with Crippen LogP contribution in [0.15, 0.2) is 0 Å². The molecule has 0 radical (unpaired) electrons. The molecule has 0 aromatic carbocycles. The van der Waals surface area contributed by atoms with Gasteiger partial charge >= 0.3 is 5.97 Å². The molecule has 1 heterocycles.